The van der Waals surface area contributed by atoms with Gasteiger partial charge in [-0.3, -0.25) is 4.90 Å². The van der Waals surface area contributed by atoms with Crippen LogP contribution in [-0.4, -0.2) is 47.2 Å². The number of carbonyl (C=O) groups excluding carboxylic acids is 1. The lowest BCUT2D eigenvalue weighted by Crippen LogP contribution is -2.55. The van der Waals surface area contributed by atoms with Gasteiger partial charge in [0.25, 0.3) is 0 Å². The van der Waals surface area contributed by atoms with Gasteiger partial charge in [0.1, 0.15) is 5.60 Å². The van der Waals surface area contributed by atoms with E-state index in [1.54, 1.807) is 0 Å². The van der Waals surface area contributed by atoms with Gasteiger partial charge in [-0.1, -0.05) is 28.1 Å². The molecule has 4 nitrogen and oxygen atoms in total. The minimum Gasteiger partial charge on any atom is -0.444 e. The summed E-state index contributed by atoms with van der Waals surface area (Å²) in [6.07, 6.45) is -0.209. The van der Waals surface area contributed by atoms with Crippen LogP contribution in [0.5, 0.6) is 0 Å². The SMILES string of the molecule is CC(c1cccc(Br)c1)N1CCN(C(=O)OC(C)(C)C)[C@@H](C)C1. The summed E-state index contributed by atoms with van der Waals surface area (Å²) >= 11 is 3.53. The van der Waals surface area contributed by atoms with Crippen molar-refractivity contribution < 1.29 is 9.53 Å². The molecule has 0 spiro atoms. The number of hydrogen-bond acceptors (Lipinski definition) is 3. The van der Waals surface area contributed by atoms with Gasteiger partial charge in [0.05, 0.1) is 0 Å². The molecule has 1 unspecified atom stereocenters. The van der Waals surface area contributed by atoms with Crippen LogP contribution in [0, 0.1) is 0 Å². The van der Waals surface area contributed by atoms with Crippen molar-refractivity contribution in [3.8, 4) is 0 Å². The highest BCUT2D eigenvalue weighted by atomic mass is 79.9. The van der Waals surface area contributed by atoms with Gasteiger partial charge in [-0.15, -0.1) is 0 Å². The van der Waals surface area contributed by atoms with Crippen LogP contribution in [0.1, 0.15) is 46.2 Å². The maximum atomic E-state index is 12.3. The Bertz CT molecular complexity index is 556. The number of amides is 1. The molecule has 1 fully saturated rings. The predicted octanol–water partition coefficient (Wildman–Crippen LogP) is 4.45. The molecule has 2 atom stereocenters. The van der Waals surface area contributed by atoms with E-state index in [0.717, 1.165) is 17.6 Å². The Kier molecular flexibility index (Phi) is 5.74. The molecule has 0 saturated carbocycles. The standard InChI is InChI=1S/C18H27BrN2O2/c1-13-12-20(14(2)15-7-6-8-16(19)11-15)9-10-21(13)17(22)23-18(3,4)5/h6-8,11,13-14H,9-10,12H2,1-5H3/t13-,14?/m0/s1. The van der Waals surface area contributed by atoms with Gasteiger partial charge in [0.15, 0.2) is 0 Å². The Labute approximate surface area is 147 Å². The van der Waals surface area contributed by atoms with E-state index in [-0.39, 0.29) is 12.1 Å². The zero-order valence-electron chi connectivity index (χ0n) is 14.7. The average molecular weight is 383 g/mol. The molecule has 23 heavy (non-hydrogen) atoms. The van der Waals surface area contributed by atoms with E-state index >= 15 is 0 Å². The summed E-state index contributed by atoms with van der Waals surface area (Å²) in [4.78, 5) is 16.6. The largest absolute Gasteiger partial charge is 0.444 e. The first-order chi connectivity index (χ1) is 10.7. The van der Waals surface area contributed by atoms with E-state index in [1.165, 1.54) is 5.56 Å². The van der Waals surface area contributed by atoms with Gasteiger partial charge in [-0.2, -0.15) is 0 Å². The summed E-state index contributed by atoms with van der Waals surface area (Å²) in [6, 6.07) is 8.90. The Balaban J connectivity index is 1.99. The molecule has 5 heteroatoms. The highest BCUT2D eigenvalue weighted by Gasteiger charge is 2.32. The number of carbonyl (C=O) groups is 1. The van der Waals surface area contributed by atoms with Gasteiger partial charge in [0.2, 0.25) is 0 Å². The zero-order chi connectivity index (χ0) is 17.2. The maximum Gasteiger partial charge on any atom is 0.410 e. The second-order valence-corrected chi connectivity index (χ2v) is 8.16. The number of ether oxygens (including phenoxy) is 1. The van der Waals surface area contributed by atoms with Crippen LogP contribution in [0.4, 0.5) is 4.79 Å². The average Bonchev–Trinajstić information content (AvgIpc) is 2.44. The number of nitrogens with zero attached hydrogens (tertiary/aromatic N) is 2. The monoisotopic (exact) mass is 382 g/mol. The van der Waals surface area contributed by atoms with Crippen LogP contribution < -0.4 is 0 Å². The molecule has 1 aromatic carbocycles. The summed E-state index contributed by atoms with van der Waals surface area (Å²) < 4.78 is 6.61. The van der Waals surface area contributed by atoms with E-state index in [4.69, 9.17) is 4.74 Å². The van der Waals surface area contributed by atoms with Gasteiger partial charge in [0, 0.05) is 36.2 Å². The summed E-state index contributed by atoms with van der Waals surface area (Å²) in [5.41, 5.74) is 0.842. The van der Waals surface area contributed by atoms with Gasteiger partial charge >= 0.3 is 6.09 Å². The first-order valence-electron chi connectivity index (χ1n) is 8.16. The second-order valence-electron chi connectivity index (χ2n) is 7.25. The maximum absolute atomic E-state index is 12.3. The van der Waals surface area contributed by atoms with E-state index in [9.17, 15) is 4.79 Å². The predicted molar refractivity (Wildman–Crippen MR) is 96.5 cm³/mol. The zero-order valence-corrected chi connectivity index (χ0v) is 16.3. The Morgan fingerprint density at radius 1 is 1.35 bits per heavy atom. The molecule has 0 aromatic heterocycles. The molecule has 1 aromatic rings. The molecule has 1 amide bonds. The molecule has 0 N–H and O–H groups in total. The van der Waals surface area contributed by atoms with Crippen LogP contribution >= 0.6 is 15.9 Å². The fourth-order valence-corrected chi connectivity index (χ4v) is 3.32. The molecule has 0 aliphatic carbocycles. The molecule has 0 radical (unpaired) electrons. The smallest absolute Gasteiger partial charge is 0.410 e. The molecule has 1 aliphatic rings. The minimum absolute atomic E-state index is 0.146. The van der Waals surface area contributed by atoms with Crippen molar-refractivity contribution >= 4 is 22.0 Å². The van der Waals surface area contributed by atoms with Crippen molar-refractivity contribution in [3.05, 3.63) is 34.3 Å². The molecular weight excluding hydrogens is 356 g/mol. The third kappa shape index (κ3) is 4.95. The van der Waals surface area contributed by atoms with E-state index in [1.807, 2.05) is 31.7 Å². The van der Waals surface area contributed by atoms with Gasteiger partial charge in [-0.25, -0.2) is 4.79 Å². The fourth-order valence-electron chi connectivity index (χ4n) is 2.91. The normalized spacial score (nSPS) is 21.1. The summed E-state index contributed by atoms with van der Waals surface area (Å²) in [6.45, 7) is 12.4. The van der Waals surface area contributed by atoms with Crippen molar-refractivity contribution in [1.29, 1.82) is 0 Å². The Morgan fingerprint density at radius 2 is 2.04 bits per heavy atom. The van der Waals surface area contributed by atoms with Crippen LogP contribution in [0.2, 0.25) is 0 Å². The Morgan fingerprint density at radius 3 is 2.61 bits per heavy atom. The lowest BCUT2D eigenvalue weighted by molar-refractivity contribution is -0.00348. The molecular formula is C18H27BrN2O2. The summed E-state index contributed by atoms with van der Waals surface area (Å²) in [7, 11) is 0. The molecule has 1 aliphatic heterocycles. The Hall–Kier alpha value is -1.07. The molecule has 0 bridgehead atoms. The number of halogens is 1. The number of rotatable bonds is 2. The highest BCUT2D eigenvalue weighted by molar-refractivity contribution is 9.10. The van der Waals surface area contributed by atoms with Gasteiger partial charge < -0.3 is 9.64 Å². The molecule has 1 heterocycles. The van der Waals surface area contributed by atoms with E-state index in [0.29, 0.717) is 12.6 Å². The van der Waals surface area contributed by atoms with Crippen molar-refractivity contribution in [2.24, 2.45) is 0 Å². The number of hydrogen-bond donors (Lipinski definition) is 0. The van der Waals surface area contributed by atoms with Crippen LogP contribution in [0.3, 0.4) is 0 Å². The highest BCUT2D eigenvalue weighted by Crippen LogP contribution is 2.26. The first-order valence-corrected chi connectivity index (χ1v) is 8.96. The molecule has 1 saturated heterocycles. The van der Waals surface area contributed by atoms with Crippen LogP contribution in [-0.2, 0) is 4.74 Å². The van der Waals surface area contributed by atoms with Crippen molar-refractivity contribution in [3.63, 3.8) is 0 Å². The lowest BCUT2D eigenvalue weighted by atomic mass is 10.0. The molecule has 2 rings (SSSR count). The van der Waals surface area contributed by atoms with Crippen LogP contribution in [0.15, 0.2) is 28.7 Å². The number of benzene rings is 1. The minimum atomic E-state index is -0.447. The van der Waals surface area contributed by atoms with Crippen molar-refractivity contribution in [2.75, 3.05) is 19.6 Å². The third-order valence-electron chi connectivity index (χ3n) is 4.17. The van der Waals surface area contributed by atoms with Crippen LogP contribution in [0.25, 0.3) is 0 Å². The van der Waals surface area contributed by atoms with E-state index < -0.39 is 5.60 Å². The van der Waals surface area contributed by atoms with Crippen molar-refractivity contribution in [1.82, 2.24) is 9.80 Å². The third-order valence-corrected chi connectivity index (χ3v) is 4.66. The van der Waals surface area contributed by atoms with Crippen molar-refractivity contribution in [2.45, 2.75) is 52.3 Å². The topological polar surface area (TPSA) is 32.8 Å². The second kappa shape index (κ2) is 7.22. The molecule has 128 valence electrons. The number of piperazine rings is 1. The first kappa shape index (κ1) is 18.3. The van der Waals surface area contributed by atoms with Gasteiger partial charge in [-0.05, 0) is 52.3 Å². The fraction of sp³-hybridized carbons (Fsp3) is 0.611. The van der Waals surface area contributed by atoms with E-state index in [2.05, 4.69) is 52.9 Å². The lowest BCUT2D eigenvalue weighted by Gasteiger charge is -2.42. The summed E-state index contributed by atoms with van der Waals surface area (Å²) in [5, 5.41) is 0. The quantitative estimate of drug-likeness (QED) is 0.757. The summed E-state index contributed by atoms with van der Waals surface area (Å²) in [5.74, 6) is 0.